The minimum atomic E-state index is 0.129. The lowest BCUT2D eigenvalue weighted by molar-refractivity contribution is -0.0436. The van der Waals surface area contributed by atoms with Crippen molar-refractivity contribution in [1.29, 1.82) is 0 Å². The number of aromatic nitrogens is 1. The molecule has 0 radical (unpaired) electrons. The monoisotopic (exact) mass is 311 g/mol. The van der Waals surface area contributed by atoms with E-state index in [1.165, 1.54) is 10.7 Å². The summed E-state index contributed by atoms with van der Waals surface area (Å²) >= 11 is 1.77. The second kappa shape index (κ2) is 7.18. The summed E-state index contributed by atoms with van der Waals surface area (Å²) in [7, 11) is 2.02. The summed E-state index contributed by atoms with van der Waals surface area (Å²) in [5, 5.41) is 6.83. The van der Waals surface area contributed by atoms with Gasteiger partial charge in [0, 0.05) is 36.3 Å². The third kappa shape index (κ3) is 4.49. The Morgan fingerprint density at radius 3 is 2.86 bits per heavy atom. The summed E-state index contributed by atoms with van der Waals surface area (Å²) in [5.74, 6) is 0. The maximum absolute atomic E-state index is 5.98. The Balaban J connectivity index is 2.00. The van der Waals surface area contributed by atoms with Gasteiger partial charge in [0.25, 0.3) is 0 Å². The van der Waals surface area contributed by atoms with E-state index < -0.39 is 0 Å². The highest BCUT2D eigenvalue weighted by atomic mass is 32.1. The molecule has 0 aromatic carbocycles. The van der Waals surface area contributed by atoms with Gasteiger partial charge in [0.15, 0.2) is 0 Å². The molecule has 2 heterocycles. The largest absolute Gasteiger partial charge is 0.374 e. The van der Waals surface area contributed by atoms with Crippen LogP contribution in [0.2, 0.25) is 0 Å². The van der Waals surface area contributed by atoms with Crippen LogP contribution in [0.3, 0.4) is 0 Å². The second-order valence-corrected chi connectivity index (χ2v) is 7.72. The van der Waals surface area contributed by atoms with Crippen LogP contribution in [0.5, 0.6) is 0 Å². The fraction of sp³-hybridized carbons (Fsp3) is 0.812. The normalized spacial score (nSPS) is 22.4. The molecule has 0 bridgehead atoms. The Morgan fingerprint density at radius 1 is 1.52 bits per heavy atom. The van der Waals surface area contributed by atoms with Crippen molar-refractivity contribution >= 4 is 11.3 Å². The average Bonchev–Trinajstić information content (AvgIpc) is 2.93. The van der Waals surface area contributed by atoms with Crippen LogP contribution in [-0.2, 0) is 16.6 Å². The zero-order chi connectivity index (χ0) is 15.5. The van der Waals surface area contributed by atoms with Crippen LogP contribution in [-0.4, -0.2) is 55.3 Å². The maximum atomic E-state index is 5.98. The van der Waals surface area contributed by atoms with E-state index in [-0.39, 0.29) is 11.5 Å². The van der Waals surface area contributed by atoms with E-state index in [4.69, 9.17) is 9.72 Å². The molecule has 1 saturated heterocycles. The van der Waals surface area contributed by atoms with E-state index in [9.17, 15) is 0 Å². The van der Waals surface area contributed by atoms with Crippen molar-refractivity contribution in [3.63, 3.8) is 0 Å². The molecule has 21 heavy (non-hydrogen) atoms. The minimum absolute atomic E-state index is 0.129. The predicted molar refractivity (Wildman–Crippen MR) is 89.2 cm³/mol. The standard InChI is InChI=1S/C16H29N3OS/c1-6-19-7-8-20-13(10-19)12(17-5)9-15-18-14(11-21-15)16(2,3)4/h11-13,17H,6-10H2,1-5H3. The molecule has 1 N–H and O–H groups in total. The van der Waals surface area contributed by atoms with Gasteiger partial charge in [-0.05, 0) is 13.6 Å². The number of nitrogens with zero attached hydrogens (tertiary/aromatic N) is 2. The maximum Gasteiger partial charge on any atom is 0.0945 e. The number of ether oxygens (including phenoxy) is 1. The Labute approximate surface area is 132 Å². The predicted octanol–water partition coefficient (Wildman–Crippen LogP) is 2.29. The number of thiazole rings is 1. The summed E-state index contributed by atoms with van der Waals surface area (Å²) in [6, 6.07) is 0.332. The number of hydrogen-bond donors (Lipinski definition) is 1. The number of hydrogen-bond acceptors (Lipinski definition) is 5. The van der Waals surface area contributed by atoms with Crippen molar-refractivity contribution in [2.45, 2.75) is 51.7 Å². The first-order valence-corrected chi connectivity index (χ1v) is 8.78. The Hall–Kier alpha value is -0.490. The van der Waals surface area contributed by atoms with E-state index in [2.05, 4.69) is 43.3 Å². The van der Waals surface area contributed by atoms with Gasteiger partial charge >= 0.3 is 0 Å². The van der Waals surface area contributed by atoms with Crippen molar-refractivity contribution in [3.05, 3.63) is 16.1 Å². The van der Waals surface area contributed by atoms with Gasteiger partial charge < -0.3 is 10.1 Å². The van der Waals surface area contributed by atoms with Gasteiger partial charge in [-0.3, -0.25) is 4.90 Å². The lowest BCUT2D eigenvalue weighted by Crippen LogP contribution is -2.52. The van der Waals surface area contributed by atoms with Gasteiger partial charge in [-0.25, -0.2) is 4.98 Å². The molecule has 1 aromatic heterocycles. The second-order valence-electron chi connectivity index (χ2n) is 6.78. The van der Waals surface area contributed by atoms with Gasteiger partial charge in [-0.1, -0.05) is 27.7 Å². The first kappa shape index (κ1) is 16.9. The first-order chi connectivity index (χ1) is 9.94. The third-order valence-corrected chi connectivity index (χ3v) is 5.03. The van der Waals surface area contributed by atoms with Gasteiger partial charge in [0.2, 0.25) is 0 Å². The smallest absolute Gasteiger partial charge is 0.0945 e. The molecule has 1 fully saturated rings. The molecule has 0 aliphatic carbocycles. The van der Waals surface area contributed by atoms with Crippen LogP contribution >= 0.6 is 11.3 Å². The SMILES string of the molecule is CCN1CCOC(C(Cc2nc(C(C)(C)C)cs2)NC)C1. The number of nitrogens with one attached hydrogen (secondary N) is 1. The van der Waals surface area contributed by atoms with Crippen LogP contribution in [0.15, 0.2) is 5.38 Å². The number of morpholine rings is 1. The summed E-state index contributed by atoms with van der Waals surface area (Å²) in [5.41, 5.74) is 1.32. The van der Waals surface area contributed by atoms with Gasteiger partial charge in [0.1, 0.15) is 0 Å². The molecule has 2 atom stereocenters. The molecule has 0 saturated carbocycles. The molecule has 5 heteroatoms. The quantitative estimate of drug-likeness (QED) is 0.905. The molecule has 0 spiro atoms. The molecular weight excluding hydrogens is 282 g/mol. The van der Waals surface area contributed by atoms with Crippen molar-refractivity contribution in [3.8, 4) is 0 Å². The molecule has 1 aliphatic heterocycles. The van der Waals surface area contributed by atoms with Crippen LogP contribution < -0.4 is 5.32 Å². The lowest BCUT2D eigenvalue weighted by Gasteiger charge is -2.36. The molecule has 2 unspecified atom stereocenters. The Kier molecular flexibility index (Phi) is 5.77. The van der Waals surface area contributed by atoms with Crippen molar-refractivity contribution in [2.24, 2.45) is 0 Å². The fourth-order valence-electron chi connectivity index (χ4n) is 2.62. The summed E-state index contributed by atoms with van der Waals surface area (Å²) in [6.45, 7) is 12.9. The van der Waals surface area contributed by atoms with Crippen molar-refractivity contribution in [2.75, 3.05) is 33.3 Å². The van der Waals surface area contributed by atoms with Gasteiger partial charge in [0.05, 0.1) is 23.4 Å². The van der Waals surface area contributed by atoms with Crippen LogP contribution in [0.4, 0.5) is 0 Å². The first-order valence-electron chi connectivity index (χ1n) is 7.90. The van der Waals surface area contributed by atoms with E-state index in [1.54, 1.807) is 11.3 Å². The highest BCUT2D eigenvalue weighted by molar-refractivity contribution is 7.09. The van der Waals surface area contributed by atoms with Crippen LogP contribution in [0, 0.1) is 0 Å². The minimum Gasteiger partial charge on any atom is -0.374 e. The van der Waals surface area contributed by atoms with E-state index >= 15 is 0 Å². The number of likely N-dealkylation sites (N-methyl/N-ethyl adjacent to an activating group) is 2. The third-order valence-electron chi connectivity index (χ3n) is 4.16. The highest BCUT2D eigenvalue weighted by Gasteiger charge is 2.28. The van der Waals surface area contributed by atoms with E-state index in [0.29, 0.717) is 6.04 Å². The average molecular weight is 311 g/mol. The highest BCUT2D eigenvalue weighted by Crippen LogP contribution is 2.25. The van der Waals surface area contributed by atoms with Crippen molar-refractivity contribution in [1.82, 2.24) is 15.2 Å². The molecule has 0 amide bonds. The lowest BCUT2D eigenvalue weighted by atomic mass is 9.93. The summed E-state index contributed by atoms with van der Waals surface area (Å²) < 4.78 is 5.98. The van der Waals surface area contributed by atoms with E-state index in [1.807, 2.05) is 7.05 Å². The fourth-order valence-corrected chi connectivity index (χ4v) is 3.70. The summed E-state index contributed by atoms with van der Waals surface area (Å²) in [4.78, 5) is 7.27. The van der Waals surface area contributed by atoms with Gasteiger partial charge in [-0.2, -0.15) is 0 Å². The molecule has 2 rings (SSSR count). The van der Waals surface area contributed by atoms with Crippen LogP contribution in [0.1, 0.15) is 38.4 Å². The molecule has 1 aliphatic rings. The Morgan fingerprint density at radius 2 is 2.29 bits per heavy atom. The van der Waals surface area contributed by atoms with Crippen LogP contribution in [0.25, 0.3) is 0 Å². The molecular formula is C16H29N3OS. The zero-order valence-electron chi connectivity index (χ0n) is 14.0. The summed E-state index contributed by atoms with van der Waals surface area (Å²) in [6.07, 6.45) is 1.20. The zero-order valence-corrected chi connectivity index (χ0v) is 14.8. The molecule has 120 valence electrons. The Bertz CT molecular complexity index is 441. The van der Waals surface area contributed by atoms with Gasteiger partial charge in [-0.15, -0.1) is 11.3 Å². The number of rotatable bonds is 5. The molecule has 1 aromatic rings. The van der Waals surface area contributed by atoms with Crippen molar-refractivity contribution < 1.29 is 4.74 Å². The molecule has 4 nitrogen and oxygen atoms in total. The topological polar surface area (TPSA) is 37.4 Å². The van der Waals surface area contributed by atoms with E-state index in [0.717, 1.165) is 32.7 Å².